The van der Waals surface area contributed by atoms with Gasteiger partial charge in [0, 0.05) is 26.2 Å². The van der Waals surface area contributed by atoms with Crippen molar-refractivity contribution in [2.45, 2.75) is 32.2 Å². The average molecular weight is 253 g/mol. The molecule has 0 bridgehead atoms. The SMILES string of the molecule is CCCC(C)(N)c1nc(N2CCN(C)CC2)no1. The Morgan fingerprint density at radius 1 is 1.33 bits per heavy atom. The second-order valence-electron chi connectivity index (χ2n) is 5.36. The third-order valence-electron chi connectivity index (χ3n) is 3.46. The predicted molar refractivity (Wildman–Crippen MR) is 70.5 cm³/mol. The van der Waals surface area contributed by atoms with Crippen molar-refractivity contribution in [3.05, 3.63) is 5.89 Å². The van der Waals surface area contributed by atoms with Gasteiger partial charge in [0.2, 0.25) is 5.89 Å². The van der Waals surface area contributed by atoms with E-state index in [0.29, 0.717) is 11.8 Å². The van der Waals surface area contributed by atoms with Crippen molar-refractivity contribution in [1.82, 2.24) is 15.0 Å². The molecule has 1 fully saturated rings. The number of hydrogen-bond acceptors (Lipinski definition) is 6. The summed E-state index contributed by atoms with van der Waals surface area (Å²) in [6.45, 7) is 7.97. The molecule has 0 aromatic carbocycles. The molecule has 1 aromatic heterocycles. The molecule has 1 saturated heterocycles. The van der Waals surface area contributed by atoms with E-state index in [1.807, 2.05) is 6.92 Å². The summed E-state index contributed by atoms with van der Waals surface area (Å²) < 4.78 is 5.32. The topological polar surface area (TPSA) is 71.4 Å². The smallest absolute Gasteiger partial charge is 0.266 e. The molecule has 6 heteroatoms. The van der Waals surface area contributed by atoms with Gasteiger partial charge in [0.1, 0.15) is 0 Å². The fraction of sp³-hybridized carbons (Fsp3) is 0.833. The van der Waals surface area contributed by atoms with Crippen LogP contribution >= 0.6 is 0 Å². The van der Waals surface area contributed by atoms with Crippen LogP contribution in [0.1, 0.15) is 32.6 Å². The van der Waals surface area contributed by atoms with Gasteiger partial charge >= 0.3 is 0 Å². The predicted octanol–water partition coefficient (Wildman–Crippen LogP) is 0.795. The van der Waals surface area contributed by atoms with E-state index >= 15 is 0 Å². The number of aromatic nitrogens is 2. The van der Waals surface area contributed by atoms with Crippen LogP contribution in [0, 0.1) is 0 Å². The van der Waals surface area contributed by atoms with Gasteiger partial charge in [-0.15, -0.1) is 0 Å². The Morgan fingerprint density at radius 3 is 2.61 bits per heavy atom. The number of piperazine rings is 1. The van der Waals surface area contributed by atoms with Crippen LogP contribution in [0.15, 0.2) is 4.52 Å². The molecule has 2 rings (SSSR count). The first-order valence-electron chi connectivity index (χ1n) is 6.59. The van der Waals surface area contributed by atoms with Crippen molar-refractivity contribution in [2.75, 3.05) is 38.1 Å². The van der Waals surface area contributed by atoms with E-state index in [1.165, 1.54) is 0 Å². The molecule has 1 unspecified atom stereocenters. The van der Waals surface area contributed by atoms with E-state index in [-0.39, 0.29) is 0 Å². The lowest BCUT2D eigenvalue weighted by molar-refractivity contribution is 0.282. The third-order valence-corrected chi connectivity index (χ3v) is 3.46. The summed E-state index contributed by atoms with van der Waals surface area (Å²) in [4.78, 5) is 8.90. The molecule has 1 atom stereocenters. The zero-order valence-corrected chi connectivity index (χ0v) is 11.5. The molecule has 0 aliphatic carbocycles. The number of rotatable bonds is 4. The van der Waals surface area contributed by atoms with Crippen LogP contribution in [0.4, 0.5) is 5.95 Å². The van der Waals surface area contributed by atoms with E-state index in [1.54, 1.807) is 0 Å². The van der Waals surface area contributed by atoms with Gasteiger partial charge in [0.15, 0.2) is 0 Å². The summed E-state index contributed by atoms with van der Waals surface area (Å²) in [5, 5.41) is 4.05. The Morgan fingerprint density at radius 2 is 2.00 bits per heavy atom. The van der Waals surface area contributed by atoms with E-state index in [4.69, 9.17) is 10.3 Å². The minimum Gasteiger partial charge on any atom is -0.336 e. The van der Waals surface area contributed by atoms with E-state index in [0.717, 1.165) is 39.0 Å². The molecule has 0 saturated carbocycles. The van der Waals surface area contributed by atoms with Gasteiger partial charge in [-0.25, -0.2) is 0 Å². The zero-order valence-electron chi connectivity index (χ0n) is 11.5. The molecule has 2 heterocycles. The minimum absolute atomic E-state index is 0.521. The van der Waals surface area contributed by atoms with Gasteiger partial charge in [-0.05, 0) is 25.5 Å². The molecule has 0 radical (unpaired) electrons. The maximum absolute atomic E-state index is 6.19. The van der Waals surface area contributed by atoms with Crippen LogP contribution in [-0.2, 0) is 5.54 Å². The summed E-state index contributed by atoms with van der Waals surface area (Å²) in [7, 11) is 2.12. The van der Waals surface area contributed by atoms with Crippen molar-refractivity contribution in [3.63, 3.8) is 0 Å². The van der Waals surface area contributed by atoms with Crippen molar-refractivity contribution in [2.24, 2.45) is 5.73 Å². The van der Waals surface area contributed by atoms with E-state index in [2.05, 4.69) is 33.9 Å². The second kappa shape index (κ2) is 5.24. The summed E-state index contributed by atoms with van der Waals surface area (Å²) >= 11 is 0. The first kappa shape index (κ1) is 13.3. The highest BCUT2D eigenvalue weighted by atomic mass is 16.5. The lowest BCUT2D eigenvalue weighted by atomic mass is 9.98. The number of hydrogen-bond donors (Lipinski definition) is 1. The zero-order chi connectivity index (χ0) is 13.2. The lowest BCUT2D eigenvalue weighted by Crippen LogP contribution is -2.45. The average Bonchev–Trinajstić information content (AvgIpc) is 2.80. The molecule has 1 aliphatic rings. The minimum atomic E-state index is -0.521. The molecule has 2 N–H and O–H groups in total. The van der Waals surface area contributed by atoms with Gasteiger partial charge in [0.05, 0.1) is 5.54 Å². The van der Waals surface area contributed by atoms with Crippen LogP contribution in [-0.4, -0.2) is 48.3 Å². The molecular weight excluding hydrogens is 230 g/mol. The number of anilines is 1. The van der Waals surface area contributed by atoms with Gasteiger partial charge < -0.3 is 20.1 Å². The van der Waals surface area contributed by atoms with Crippen molar-refractivity contribution >= 4 is 5.95 Å². The number of nitrogens with zero attached hydrogens (tertiary/aromatic N) is 4. The van der Waals surface area contributed by atoms with Crippen LogP contribution in [0.3, 0.4) is 0 Å². The Hall–Kier alpha value is -1.14. The fourth-order valence-electron chi connectivity index (χ4n) is 2.21. The Kier molecular flexibility index (Phi) is 3.87. The Bertz CT molecular complexity index is 382. The van der Waals surface area contributed by atoms with Crippen molar-refractivity contribution in [1.29, 1.82) is 0 Å². The molecule has 6 nitrogen and oxygen atoms in total. The first-order valence-corrected chi connectivity index (χ1v) is 6.59. The summed E-state index contributed by atoms with van der Waals surface area (Å²) in [5.74, 6) is 1.21. The quantitative estimate of drug-likeness (QED) is 0.855. The highest BCUT2D eigenvalue weighted by Crippen LogP contribution is 2.23. The van der Waals surface area contributed by atoms with Crippen LogP contribution < -0.4 is 10.6 Å². The second-order valence-corrected chi connectivity index (χ2v) is 5.36. The largest absolute Gasteiger partial charge is 0.336 e. The summed E-state index contributed by atoms with van der Waals surface area (Å²) in [6, 6.07) is 0. The van der Waals surface area contributed by atoms with E-state index < -0.39 is 5.54 Å². The monoisotopic (exact) mass is 253 g/mol. The Labute approximate surface area is 108 Å². The maximum Gasteiger partial charge on any atom is 0.266 e. The molecule has 1 aliphatic heterocycles. The van der Waals surface area contributed by atoms with Crippen LogP contribution in [0.25, 0.3) is 0 Å². The third kappa shape index (κ3) is 2.81. The summed E-state index contributed by atoms with van der Waals surface area (Å²) in [6.07, 6.45) is 1.84. The maximum atomic E-state index is 6.19. The van der Waals surface area contributed by atoms with Crippen LogP contribution in [0.5, 0.6) is 0 Å². The van der Waals surface area contributed by atoms with Crippen molar-refractivity contribution < 1.29 is 4.52 Å². The molecule has 0 spiro atoms. The van der Waals surface area contributed by atoms with Crippen molar-refractivity contribution in [3.8, 4) is 0 Å². The van der Waals surface area contributed by atoms with Gasteiger partial charge in [0.25, 0.3) is 5.95 Å². The number of nitrogens with two attached hydrogens (primary N) is 1. The first-order chi connectivity index (χ1) is 8.53. The van der Waals surface area contributed by atoms with Gasteiger partial charge in [-0.3, -0.25) is 0 Å². The highest BCUT2D eigenvalue weighted by Gasteiger charge is 2.29. The summed E-state index contributed by atoms with van der Waals surface area (Å²) in [5.41, 5.74) is 5.67. The highest BCUT2D eigenvalue weighted by molar-refractivity contribution is 5.29. The normalized spacial score (nSPS) is 21.0. The molecule has 102 valence electrons. The number of likely N-dealkylation sites (N-methyl/N-ethyl adjacent to an activating group) is 1. The molecular formula is C12H23N5O. The Balaban J connectivity index is 2.06. The molecule has 18 heavy (non-hydrogen) atoms. The van der Waals surface area contributed by atoms with Crippen LogP contribution in [0.2, 0.25) is 0 Å². The van der Waals surface area contributed by atoms with Gasteiger partial charge in [-0.1, -0.05) is 13.3 Å². The van der Waals surface area contributed by atoms with E-state index in [9.17, 15) is 0 Å². The molecule has 1 aromatic rings. The fourth-order valence-corrected chi connectivity index (χ4v) is 2.21. The molecule has 0 amide bonds. The lowest BCUT2D eigenvalue weighted by Gasteiger charge is -2.31. The van der Waals surface area contributed by atoms with Gasteiger partial charge in [-0.2, -0.15) is 4.98 Å². The standard InChI is InChI=1S/C12H23N5O/c1-4-5-12(2,13)10-14-11(15-18-10)17-8-6-16(3)7-9-17/h4-9,13H2,1-3H3.